The Kier molecular flexibility index (Phi) is 5.76. The maximum atomic E-state index is 12.6. The van der Waals surface area contributed by atoms with Gasteiger partial charge < -0.3 is 10.2 Å². The zero-order valence-electron chi connectivity index (χ0n) is 16.3. The first-order valence-corrected chi connectivity index (χ1v) is 10.2. The first-order valence-electron chi connectivity index (χ1n) is 9.78. The van der Waals surface area contributed by atoms with E-state index in [1.165, 1.54) is 19.3 Å². The van der Waals surface area contributed by atoms with Gasteiger partial charge >= 0.3 is 0 Å². The normalized spacial score (nSPS) is 14.1. The lowest BCUT2D eigenvalue weighted by molar-refractivity contribution is 0.0940. The molecule has 0 aliphatic carbocycles. The van der Waals surface area contributed by atoms with Crippen LogP contribution in [0.2, 0.25) is 5.02 Å². The molecule has 1 amide bonds. The van der Waals surface area contributed by atoms with Crippen molar-refractivity contribution in [3.63, 3.8) is 0 Å². The Morgan fingerprint density at radius 3 is 2.66 bits per heavy atom. The van der Waals surface area contributed by atoms with Crippen LogP contribution in [0.4, 0.5) is 5.82 Å². The van der Waals surface area contributed by atoms with Crippen molar-refractivity contribution in [2.24, 2.45) is 0 Å². The van der Waals surface area contributed by atoms with E-state index < -0.39 is 0 Å². The van der Waals surface area contributed by atoms with Crippen LogP contribution >= 0.6 is 11.6 Å². The average Bonchev–Trinajstić information content (AvgIpc) is 3.15. The maximum absolute atomic E-state index is 12.6. The number of pyridine rings is 1. The number of hydrogen-bond donors (Lipinski definition) is 1. The Labute approximate surface area is 174 Å². The average molecular weight is 411 g/mol. The SMILES string of the molecule is Cc1nc(C(=O)NCc2ccnc(N3CCCCC3)c2)nn1-c1ccc(Cl)cc1. The molecule has 1 aromatic carbocycles. The number of carbonyl (C=O) groups is 1. The van der Waals surface area contributed by atoms with E-state index in [-0.39, 0.29) is 11.7 Å². The van der Waals surface area contributed by atoms with E-state index in [1.54, 1.807) is 23.0 Å². The Morgan fingerprint density at radius 2 is 1.90 bits per heavy atom. The number of rotatable bonds is 5. The fraction of sp³-hybridized carbons (Fsp3) is 0.333. The monoisotopic (exact) mass is 410 g/mol. The molecule has 0 spiro atoms. The Morgan fingerprint density at radius 1 is 1.14 bits per heavy atom. The minimum atomic E-state index is -0.308. The van der Waals surface area contributed by atoms with Crippen molar-refractivity contribution in [1.82, 2.24) is 25.1 Å². The van der Waals surface area contributed by atoms with E-state index in [1.807, 2.05) is 31.2 Å². The summed E-state index contributed by atoms with van der Waals surface area (Å²) in [4.78, 5) is 23.6. The zero-order chi connectivity index (χ0) is 20.2. The number of nitrogens with one attached hydrogen (secondary N) is 1. The van der Waals surface area contributed by atoms with Crippen molar-refractivity contribution in [2.45, 2.75) is 32.7 Å². The third-order valence-electron chi connectivity index (χ3n) is 4.99. The van der Waals surface area contributed by atoms with Crippen LogP contribution in [0.5, 0.6) is 0 Å². The fourth-order valence-corrected chi connectivity index (χ4v) is 3.57. The number of halogens is 1. The molecule has 0 saturated carbocycles. The summed E-state index contributed by atoms with van der Waals surface area (Å²) in [6.07, 6.45) is 5.47. The van der Waals surface area contributed by atoms with Gasteiger partial charge in [-0.25, -0.2) is 14.6 Å². The highest BCUT2D eigenvalue weighted by molar-refractivity contribution is 6.30. The molecule has 2 aromatic heterocycles. The van der Waals surface area contributed by atoms with Gasteiger partial charge in [0, 0.05) is 30.9 Å². The van der Waals surface area contributed by atoms with Gasteiger partial charge in [-0.05, 0) is 68.1 Å². The van der Waals surface area contributed by atoms with Crippen molar-refractivity contribution in [1.29, 1.82) is 0 Å². The molecule has 7 nitrogen and oxygen atoms in total. The Hall–Kier alpha value is -2.93. The zero-order valence-corrected chi connectivity index (χ0v) is 17.1. The molecular formula is C21H23ClN6O. The smallest absolute Gasteiger partial charge is 0.291 e. The number of anilines is 1. The molecule has 1 N–H and O–H groups in total. The first-order chi connectivity index (χ1) is 14.1. The van der Waals surface area contributed by atoms with Crippen molar-refractivity contribution >= 4 is 23.3 Å². The van der Waals surface area contributed by atoms with Crippen LogP contribution in [0.1, 0.15) is 41.3 Å². The largest absolute Gasteiger partial charge is 0.357 e. The van der Waals surface area contributed by atoms with E-state index in [0.717, 1.165) is 30.2 Å². The molecular weight excluding hydrogens is 388 g/mol. The third-order valence-corrected chi connectivity index (χ3v) is 5.24. The van der Waals surface area contributed by atoms with Gasteiger partial charge in [-0.3, -0.25) is 4.79 Å². The van der Waals surface area contributed by atoms with E-state index in [0.29, 0.717) is 17.4 Å². The second kappa shape index (κ2) is 8.61. The number of carbonyl (C=O) groups excluding carboxylic acids is 1. The number of hydrogen-bond acceptors (Lipinski definition) is 5. The summed E-state index contributed by atoms with van der Waals surface area (Å²) >= 11 is 5.94. The highest BCUT2D eigenvalue weighted by Crippen LogP contribution is 2.18. The summed E-state index contributed by atoms with van der Waals surface area (Å²) in [6, 6.07) is 11.2. The van der Waals surface area contributed by atoms with E-state index >= 15 is 0 Å². The van der Waals surface area contributed by atoms with Gasteiger partial charge in [0.15, 0.2) is 0 Å². The summed E-state index contributed by atoms with van der Waals surface area (Å²) in [5.41, 5.74) is 1.81. The number of benzene rings is 1. The first kappa shape index (κ1) is 19.4. The predicted molar refractivity (Wildman–Crippen MR) is 113 cm³/mol. The molecule has 0 radical (unpaired) electrons. The van der Waals surface area contributed by atoms with Crippen molar-refractivity contribution < 1.29 is 4.79 Å². The molecule has 1 fully saturated rings. The summed E-state index contributed by atoms with van der Waals surface area (Å²) in [5.74, 6) is 1.44. The molecule has 0 unspecified atom stereocenters. The number of nitrogens with zero attached hydrogens (tertiary/aromatic N) is 5. The van der Waals surface area contributed by atoms with Crippen LogP contribution in [0.15, 0.2) is 42.6 Å². The maximum Gasteiger partial charge on any atom is 0.291 e. The summed E-state index contributed by atoms with van der Waals surface area (Å²) in [6.45, 7) is 4.28. The predicted octanol–water partition coefficient (Wildman–Crippen LogP) is 3.54. The van der Waals surface area contributed by atoms with E-state index in [4.69, 9.17) is 11.6 Å². The van der Waals surface area contributed by atoms with Crippen LogP contribution in [-0.4, -0.2) is 38.7 Å². The molecule has 1 aliphatic rings. The van der Waals surface area contributed by atoms with Crippen molar-refractivity contribution in [3.8, 4) is 5.69 Å². The Bertz CT molecular complexity index is 995. The number of piperidine rings is 1. The second-order valence-electron chi connectivity index (χ2n) is 7.12. The van der Waals surface area contributed by atoms with Gasteiger partial charge in [0.1, 0.15) is 11.6 Å². The van der Waals surface area contributed by atoms with Crippen molar-refractivity contribution in [3.05, 3.63) is 64.8 Å². The molecule has 1 saturated heterocycles. The van der Waals surface area contributed by atoms with E-state index in [9.17, 15) is 4.79 Å². The highest BCUT2D eigenvalue weighted by Gasteiger charge is 2.16. The van der Waals surface area contributed by atoms with Crippen LogP contribution < -0.4 is 10.2 Å². The molecule has 3 heterocycles. The Balaban J connectivity index is 1.42. The fourth-order valence-electron chi connectivity index (χ4n) is 3.44. The molecule has 4 rings (SSSR count). The van der Waals surface area contributed by atoms with Crippen LogP contribution in [-0.2, 0) is 6.54 Å². The van der Waals surface area contributed by atoms with Gasteiger partial charge in [-0.1, -0.05) is 11.6 Å². The van der Waals surface area contributed by atoms with Gasteiger partial charge in [0.05, 0.1) is 5.69 Å². The second-order valence-corrected chi connectivity index (χ2v) is 7.56. The van der Waals surface area contributed by atoms with Gasteiger partial charge in [-0.2, -0.15) is 0 Å². The topological polar surface area (TPSA) is 75.9 Å². The van der Waals surface area contributed by atoms with Crippen LogP contribution in [0.3, 0.4) is 0 Å². The molecule has 29 heavy (non-hydrogen) atoms. The van der Waals surface area contributed by atoms with E-state index in [2.05, 4.69) is 25.3 Å². The number of amides is 1. The lowest BCUT2D eigenvalue weighted by Crippen LogP contribution is -2.30. The molecule has 0 atom stereocenters. The molecule has 150 valence electrons. The summed E-state index contributed by atoms with van der Waals surface area (Å²) in [7, 11) is 0. The number of aromatic nitrogens is 4. The summed E-state index contributed by atoms with van der Waals surface area (Å²) < 4.78 is 1.63. The van der Waals surface area contributed by atoms with Crippen LogP contribution in [0.25, 0.3) is 5.69 Å². The van der Waals surface area contributed by atoms with Gasteiger partial charge in [-0.15, -0.1) is 5.10 Å². The minimum absolute atomic E-state index is 0.141. The standard InChI is InChI=1S/C21H23ClN6O/c1-15-25-20(26-28(15)18-7-5-17(22)6-8-18)21(29)24-14-16-9-10-23-19(13-16)27-11-3-2-4-12-27/h5-10,13H,2-4,11-12,14H2,1H3,(H,24,29). The van der Waals surface area contributed by atoms with Gasteiger partial charge in [0.25, 0.3) is 5.91 Å². The highest BCUT2D eigenvalue weighted by atomic mass is 35.5. The van der Waals surface area contributed by atoms with Gasteiger partial charge in [0.2, 0.25) is 5.82 Å². The van der Waals surface area contributed by atoms with Crippen molar-refractivity contribution in [2.75, 3.05) is 18.0 Å². The molecule has 8 heteroatoms. The minimum Gasteiger partial charge on any atom is -0.357 e. The molecule has 0 bridgehead atoms. The number of aryl methyl sites for hydroxylation is 1. The molecule has 1 aliphatic heterocycles. The summed E-state index contributed by atoms with van der Waals surface area (Å²) in [5, 5.41) is 7.89. The lowest BCUT2D eigenvalue weighted by atomic mass is 10.1. The molecule has 3 aromatic rings. The lowest BCUT2D eigenvalue weighted by Gasteiger charge is -2.27. The third kappa shape index (κ3) is 4.56. The quantitative estimate of drug-likeness (QED) is 0.696. The van der Waals surface area contributed by atoms with Crippen LogP contribution in [0, 0.1) is 6.92 Å².